The maximum atomic E-state index is 13.3. The molecule has 2 aromatic rings. The molecule has 1 N–H and O–H groups in total. The average Bonchev–Trinajstić information content (AvgIpc) is 2.83. The molecule has 1 amide bonds. The number of aliphatic hydroxyl groups is 1. The lowest BCUT2D eigenvalue weighted by Gasteiger charge is -2.41. The molecule has 0 aliphatic carbocycles. The number of hydrogen-bond acceptors (Lipinski definition) is 5. The lowest BCUT2D eigenvalue weighted by Crippen LogP contribution is -2.49. The Hall–Kier alpha value is -2.31. The van der Waals surface area contributed by atoms with Crippen LogP contribution in [0.2, 0.25) is 0 Å². The molecule has 3 heterocycles. The Morgan fingerprint density at radius 1 is 0.971 bits per heavy atom. The molecule has 1 aromatic carbocycles. The number of aromatic nitrogens is 2. The number of hydrogen-bond donors (Lipinski definition) is 1. The molecule has 0 unspecified atom stereocenters. The van der Waals surface area contributed by atoms with Crippen molar-refractivity contribution < 1.29 is 9.90 Å². The lowest BCUT2D eigenvalue weighted by molar-refractivity contribution is 0.0355. The molecule has 0 bridgehead atoms. The highest BCUT2D eigenvalue weighted by atomic mass is 16.3. The van der Waals surface area contributed by atoms with Gasteiger partial charge in [0.2, 0.25) is 0 Å². The molecule has 2 fully saturated rings. The molecular weight excluding hydrogens is 424 g/mol. The minimum Gasteiger partial charge on any atom is -0.393 e. The van der Waals surface area contributed by atoms with Gasteiger partial charge in [0.1, 0.15) is 12.0 Å². The predicted molar refractivity (Wildman–Crippen MR) is 135 cm³/mol. The number of carbonyl (C=O) groups excluding carboxylic acids is 1. The van der Waals surface area contributed by atoms with Gasteiger partial charge in [0.15, 0.2) is 0 Å². The van der Waals surface area contributed by atoms with Crippen molar-refractivity contribution in [2.45, 2.75) is 83.8 Å². The van der Waals surface area contributed by atoms with Crippen LogP contribution in [0.15, 0.2) is 30.6 Å². The minimum absolute atomic E-state index is 0.0307. The minimum atomic E-state index is -0.143. The molecule has 0 radical (unpaired) electrons. The van der Waals surface area contributed by atoms with E-state index in [1.165, 1.54) is 11.1 Å². The molecule has 1 aromatic heterocycles. The van der Waals surface area contributed by atoms with Crippen LogP contribution in [0.3, 0.4) is 0 Å². The number of amides is 1. The summed E-state index contributed by atoms with van der Waals surface area (Å²) in [7, 11) is 0. The van der Waals surface area contributed by atoms with Crippen molar-refractivity contribution in [1.82, 2.24) is 19.8 Å². The van der Waals surface area contributed by atoms with E-state index in [9.17, 15) is 9.90 Å². The van der Waals surface area contributed by atoms with E-state index in [1.807, 2.05) is 11.8 Å². The summed E-state index contributed by atoms with van der Waals surface area (Å²) in [4.78, 5) is 26.6. The summed E-state index contributed by atoms with van der Waals surface area (Å²) < 4.78 is 0. The van der Waals surface area contributed by atoms with Crippen molar-refractivity contribution in [1.29, 1.82) is 0 Å². The fourth-order valence-electron chi connectivity index (χ4n) is 5.22. The molecule has 6 nitrogen and oxygen atoms in total. The highest BCUT2D eigenvalue weighted by Gasteiger charge is 2.30. The maximum Gasteiger partial charge on any atom is 0.272 e. The highest BCUT2D eigenvalue weighted by Crippen LogP contribution is 2.24. The standard InChI is InChI=1S/C28H40N4O2/c1-20-25(10-7-21-5-8-22(9-6-21)28(2,3)4)29-19-30-26(20)27(34)32-15-11-23(12-16-32)31-17-13-24(33)14-18-31/h5-6,8-9,19,23-24,33H,7,10-18H2,1-4H3. The van der Waals surface area contributed by atoms with Crippen LogP contribution in [-0.4, -0.2) is 69.1 Å². The van der Waals surface area contributed by atoms with Crippen LogP contribution >= 0.6 is 0 Å². The monoisotopic (exact) mass is 464 g/mol. The number of rotatable bonds is 5. The van der Waals surface area contributed by atoms with Crippen molar-refractivity contribution >= 4 is 5.91 Å². The fourth-order valence-corrected chi connectivity index (χ4v) is 5.22. The van der Waals surface area contributed by atoms with Gasteiger partial charge in [0.25, 0.3) is 5.91 Å². The third kappa shape index (κ3) is 5.84. The number of piperidine rings is 2. The van der Waals surface area contributed by atoms with Crippen LogP contribution in [-0.2, 0) is 18.3 Å². The van der Waals surface area contributed by atoms with Crippen LogP contribution in [0.25, 0.3) is 0 Å². The number of aliphatic hydroxyl groups excluding tert-OH is 1. The summed E-state index contributed by atoms with van der Waals surface area (Å²) >= 11 is 0. The van der Waals surface area contributed by atoms with Crippen molar-refractivity contribution in [3.05, 3.63) is 58.7 Å². The van der Waals surface area contributed by atoms with Crippen LogP contribution in [0.5, 0.6) is 0 Å². The van der Waals surface area contributed by atoms with Gasteiger partial charge in [-0.25, -0.2) is 9.97 Å². The average molecular weight is 465 g/mol. The van der Waals surface area contributed by atoms with Crippen molar-refractivity contribution in [3.8, 4) is 0 Å². The van der Waals surface area contributed by atoms with Gasteiger partial charge >= 0.3 is 0 Å². The van der Waals surface area contributed by atoms with E-state index in [-0.39, 0.29) is 17.4 Å². The molecule has 34 heavy (non-hydrogen) atoms. The van der Waals surface area contributed by atoms with Gasteiger partial charge in [-0.3, -0.25) is 4.79 Å². The van der Waals surface area contributed by atoms with Crippen molar-refractivity contribution in [2.75, 3.05) is 26.2 Å². The van der Waals surface area contributed by atoms with E-state index in [2.05, 4.69) is 59.9 Å². The van der Waals surface area contributed by atoms with Gasteiger partial charge in [-0.15, -0.1) is 0 Å². The second-order valence-corrected chi connectivity index (χ2v) is 11.0. The normalized spacial score (nSPS) is 18.9. The van der Waals surface area contributed by atoms with Gasteiger partial charge in [-0.1, -0.05) is 45.0 Å². The summed E-state index contributed by atoms with van der Waals surface area (Å²) in [6.45, 7) is 12.1. The Labute approximate surface area is 204 Å². The molecule has 0 spiro atoms. The lowest BCUT2D eigenvalue weighted by atomic mass is 9.86. The first-order valence-corrected chi connectivity index (χ1v) is 12.8. The molecule has 4 rings (SSSR count). The summed E-state index contributed by atoms with van der Waals surface area (Å²) in [6.07, 6.45) is 6.80. The number of carbonyl (C=O) groups is 1. The first-order valence-electron chi connectivity index (χ1n) is 12.8. The third-order valence-corrected chi connectivity index (χ3v) is 7.63. The Bertz CT molecular complexity index is 967. The fraction of sp³-hybridized carbons (Fsp3) is 0.607. The van der Waals surface area contributed by atoms with Crippen LogP contribution in [0.1, 0.15) is 79.3 Å². The quantitative estimate of drug-likeness (QED) is 0.726. The van der Waals surface area contributed by atoms with E-state index in [0.717, 1.165) is 76.0 Å². The third-order valence-electron chi connectivity index (χ3n) is 7.63. The Balaban J connectivity index is 1.34. The summed E-state index contributed by atoms with van der Waals surface area (Å²) in [5.74, 6) is 0.0307. The molecule has 0 saturated carbocycles. The van der Waals surface area contributed by atoms with E-state index < -0.39 is 0 Å². The first kappa shape index (κ1) is 24.8. The smallest absolute Gasteiger partial charge is 0.272 e. The van der Waals surface area contributed by atoms with Crippen molar-refractivity contribution in [2.24, 2.45) is 0 Å². The first-order chi connectivity index (χ1) is 16.2. The Morgan fingerprint density at radius 3 is 2.24 bits per heavy atom. The van der Waals surface area contributed by atoms with Gasteiger partial charge in [-0.2, -0.15) is 0 Å². The SMILES string of the molecule is Cc1c(CCc2ccc(C(C)(C)C)cc2)ncnc1C(=O)N1CCC(N2CCC(O)CC2)CC1. The molecule has 2 aliphatic rings. The molecule has 184 valence electrons. The summed E-state index contributed by atoms with van der Waals surface area (Å²) in [6, 6.07) is 9.36. The van der Waals surface area contributed by atoms with Crippen LogP contribution in [0, 0.1) is 6.92 Å². The van der Waals surface area contributed by atoms with Gasteiger partial charge < -0.3 is 14.9 Å². The van der Waals surface area contributed by atoms with Gasteiger partial charge in [-0.05, 0) is 62.0 Å². The topological polar surface area (TPSA) is 69.6 Å². The molecule has 6 heteroatoms. The predicted octanol–water partition coefficient (Wildman–Crippen LogP) is 3.93. The van der Waals surface area contributed by atoms with Crippen LogP contribution in [0.4, 0.5) is 0 Å². The maximum absolute atomic E-state index is 13.3. The largest absolute Gasteiger partial charge is 0.393 e. The second kappa shape index (κ2) is 10.5. The van der Waals surface area contributed by atoms with Gasteiger partial charge in [0, 0.05) is 43.5 Å². The van der Waals surface area contributed by atoms with Crippen molar-refractivity contribution in [3.63, 3.8) is 0 Å². The summed E-state index contributed by atoms with van der Waals surface area (Å²) in [5, 5.41) is 9.77. The number of likely N-dealkylation sites (tertiary alicyclic amines) is 2. The van der Waals surface area contributed by atoms with Gasteiger partial charge in [0.05, 0.1) is 6.10 Å². The highest BCUT2D eigenvalue weighted by molar-refractivity contribution is 5.93. The zero-order valence-electron chi connectivity index (χ0n) is 21.3. The molecular formula is C28H40N4O2. The zero-order valence-corrected chi connectivity index (χ0v) is 21.3. The summed E-state index contributed by atoms with van der Waals surface area (Å²) in [5.41, 5.74) is 5.19. The number of nitrogens with zero attached hydrogens (tertiary/aromatic N) is 4. The zero-order chi connectivity index (χ0) is 24.3. The molecule has 2 aliphatic heterocycles. The van der Waals surface area contributed by atoms with E-state index in [4.69, 9.17) is 0 Å². The number of aryl methyl sites for hydroxylation is 2. The molecule has 2 saturated heterocycles. The molecule has 0 atom stereocenters. The van der Waals surface area contributed by atoms with E-state index >= 15 is 0 Å². The Morgan fingerprint density at radius 2 is 1.62 bits per heavy atom. The second-order valence-electron chi connectivity index (χ2n) is 11.0. The van der Waals surface area contributed by atoms with E-state index in [0.29, 0.717) is 11.7 Å². The van der Waals surface area contributed by atoms with E-state index in [1.54, 1.807) is 6.33 Å². The number of benzene rings is 1. The van der Waals surface area contributed by atoms with Crippen LogP contribution < -0.4 is 0 Å². The Kier molecular flexibility index (Phi) is 7.68.